The van der Waals surface area contributed by atoms with E-state index in [-0.39, 0.29) is 25.1 Å². The highest BCUT2D eigenvalue weighted by Crippen LogP contribution is 2.27. The number of rotatable bonds is 17. The molecule has 1 aliphatic heterocycles. The van der Waals surface area contributed by atoms with Crippen LogP contribution in [-0.2, 0) is 19.1 Å². The van der Waals surface area contributed by atoms with Crippen LogP contribution >= 0.6 is 0 Å². The molecular weight excluding hydrogens is 604 g/mol. The van der Waals surface area contributed by atoms with E-state index in [9.17, 15) is 29.1 Å². The van der Waals surface area contributed by atoms with E-state index in [4.69, 9.17) is 9.47 Å². The van der Waals surface area contributed by atoms with Gasteiger partial charge in [0.05, 0.1) is 13.7 Å². The quantitative estimate of drug-likeness (QED) is 0.140. The predicted octanol–water partition coefficient (Wildman–Crippen LogP) is 4.78. The maximum atomic E-state index is 13.0. The fourth-order valence-electron chi connectivity index (χ4n) is 5.35. The minimum absolute atomic E-state index is 0.0737. The molecule has 2 heterocycles. The lowest BCUT2D eigenvalue weighted by atomic mass is 9.90. The van der Waals surface area contributed by atoms with E-state index < -0.39 is 41.4 Å². The van der Waals surface area contributed by atoms with Crippen molar-refractivity contribution in [3.8, 4) is 5.75 Å². The Balaban J connectivity index is 1.46. The van der Waals surface area contributed by atoms with Gasteiger partial charge in [-0.25, -0.2) is 9.59 Å². The molecule has 47 heavy (non-hydrogen) atoms. The molecule has 0 aliphatic carbocycles. The van der Waals surface area contributed by atoms with Crippen LogP contribution in [0, 0.1) is 5.41 Å². The summed E-state index contributed by atoms with van der Waals surface area (Å²) in [6.45, 7) is 6.02. The average Bonchev–Trinajstić information content (AvgIpc) is 3.54. The highest BCUT2D eigenvalue weighted by atomic mass is 16.5. The maximum Gasteiger partial charge on any atom is 0.407 e. The summed E-state index contributed by atoms with van der Waals surface area (Å²) in [7, 11) is 1.57. The van der Waals surface area contributed by atoms with Crippen molar-refractivity contribution < 1.29 is 33.8 Å². The van der Waals surface area contributed by atoms with Crippen LogP contribution in [0.5, 0.6) is 5.75 Å². The van der Waals surface area contributed by atoms with Gasteiger partial charge in [-0.05, 0) is 62.1 Å². The van der Waals surface area contributed by atoms with Crippen molar-refractivity contribution in [1.29, 1.82) is 0 Å². The standard InChI is InChI=1S/C35H48N4O8/c1-5-6-7-8-9-10-14-27(33(43)44)38-32(42)28-15-12-19-39(28)30(40)22-37-34(45)47-23-35(2,3)17-11-13-25-20-26-24(21-29(25)46-4)16-18-36-31(26)41/h9-11,13,16,18,20-21,27-28H,5-8,12,14-15,17,19,22-23H2,1-4H3,(H,36,41)(H,37,45)(H,38,42)(H,43,44)/b10-9-,13-11+. The highest BCUT2D eigenvalue weighted by molar-refractivity contribution is 5.92. The number of carboxylic acids is 1. The third-order valence-electron chi connectivity index (χ3n) is 8.07. The van der Waals surface area contributed by atoms with Crippen LogP contribution in [-0.4, -0.2) is 77.8 Å². The number of hydrogen-bond donors (Lipinski definition) is 4. The number of fused-ring (bicyclic) bond motifs is 1. The van der Waals surface area contributed by atoms with E-state index in [0.717, 1.165) is 36.6 Å². The first-order chi connectivity index (χ1) is 22.5. The number of nitrogens with one attached hydrogen (secondary N) is 3. The Morgan fingerprint density at radius 1 is 1.17 bits per heavy atom. The summed E-state index contributed by atoms with van der Waals surface area (Å²) in [5.74, 6) is -1.48. The summed E-state index contributed by atoms with van der Waals surface area (Å²) in [6.07, 6.45) is 14.1. The maximum absolute atomic E-state index is 13.0. The zero-order chi connectivity index (χ0) is 34.4. The minimum atomic E-state index is -1.14. The average molecular weight is 653 g/mol. The zero-order valence-electron chi connectivity index (χ0n) is 27.8. The fraction of sp³-hybridized carbons (Fsp3) is 0.514. The molecule has 0 bridgehead atoms. The molecule has 2 unspecified atom stereocenters. The van der Waals surface area contributed by atoms with Crippen molar-refractivity contribution in [2.24, 2.45) is 5.41 Å². The third kappa shape index (κ3) is 11.3. The topological polar surface area (TPSA) is 167 Å². The number of aliphatic carboxylic acids is 1. The van der Waals surface area contributed by atoms with E-state index in [1.807, 2.05) is 38.1 Å². The third-order valence-corrected chi connectivity index (χ3v) is 8.07. The van der Waals surface area contributed by atoms with Gasteiger partial charge >= 0.3 is 12.1 Å². The number of alkyl carbamates (subject to hydrolysis) is 1. The highest BCUT2D eigenvalue weighted by Gasteiger charge is 2.35. The molecular formula is C35H48N4O8. The van der Waals surface area contributed by atoms with Crippen molar-refractivity contribution in [2.75, 3.05) is 26.8 Å². The molecule has 3 rings (SSSR count). The van der Waals surface area contributed by atoms with Gasteiger partial charge in [-0.15, -0.1) is 0 Å². The van der Waals surface area contributed by atoms with Crippen LogP contribution in [0.15, 0.2) is 47.4 Å². The van der Waals surface area contributed by atoms with Gasteiger partial charge in [0, 0.05) is 29.1 Å². The number of likely N-dealkylation sites (tertiary alicyclic amines) is 1. The van der Waals surface area contributed by atoms with Crippen LogP contribution in [0.25, 0.3) is 16.8 Å². The first-order valence-electron chi connectivity index (χ1n) is 16.2. The summed E-state index contributed by atoms with van der Waals surface area (Å²) < 4.78 is 10.9. The molecule has 2 aromatic rings. The Bertz CT molecular complexity index is 1510. The Kier molecular flexibility index (Phi) is 14.0. The first kappa shape index (κ1) is 36.9. The minimum Gasteiger partial charge on any atom is -0.496 e. The lowest BCUT2D eigenvalue weighted by Crippen LogP contribution is -2.52. The van der Waals surface area contributed by atoms with E-state index in [0.29, 0.717) is 36.9 Å². The largest absolute Gasteiger partial charge is 0.496 e. The molecule has 0 saturated carbocycles. The lowest BCUT2D eigenvalue weighted by Gasteiger charge is -2.26. The number of pyridine rings is 1. The second-order valence-corrected chi connectivity index (χ2v) is 12.5. The Morgan fingerprint density at radius 3 is 2.68 bits per heavy atom. The monoisotopic (exact) mass is 652 g/mol. The number of methoxy groups -OCH3 is 1. The molecule has 12 nitrogen and oxygen atoms in total. The zero-order valence-corrected chi connectivity index (χ0v) is 27.8. The number of allylic oxidation sites excluding steroid dienone is 2. The molecule has 4 N–H and O–H groups in total. The van der Waals surface area contributed by atoms with Gasteiger partial charge in [-0.2, -0.15) is 0 Å². The van der Waals surface area contributed by atoms with Crippen LogP contribution in [0.4, 0.5) is 4.79 Å². The molecule has 256 valence electrons. The van der Waals surface area contributed by atoms with Crippen LogP contribution < -0.4 is 20.9 Å². The number of ether oxygens (including phenoxy) is 2. The smallest absolute Gasteiger partial charge is 0.407 e. The van der Waals surface area contributed by atoms with E-state index in [1.54, 1.807) is 31.5 Å². The molecule has 0 spiro atoms. The van der Waals surface area contributed by atoms with Gasteiger partial charge in [-0.3, -0.25) is 14.4 Å². The number of unbranched alkanes of at least 4 members (excludes halogenated alkanes) is 3. The second-order valence-electron chi connectivity index (χ2n) is 12.5. The van der Waals surface area contributed by atoms with Crippen molar-refractivity contribution in [2.45, 2.75) is 84.2 Å². The predicted molar refractivity (Wildman–Crippen MR) is 180 cm³/mol. The van der Waals surface area contributed by atoms with Crippen molar-refractivity contribution in [1.82, 2.24) is 20.5 Å². The number of carbonyl (C=O) groups is 4. The van der Waals surface area contributed by atoms with Gasteiger partial charge in [0.1, 0.15) is 24.4 Å². The number of amides is 3. The van der Waals surface area contributed by atoms with Crippen LogP contribution in [0.1, 0.15) is 77.7 Å². The van der Waals surface area contributed by atoms with E-state index >= 15 is 0 Å². The Labute approximate surface area is 275 Å². The molecule has 1 aromatic heterocycles. The summed E-state index contributed by atoms with van der Waals surface area (Å²) in [6, 6.07) is 3.49. The number of benzene rings is 1. The van der Waals surface area contributed by atoms with Crippen molar-refractivity contribution in [3.63, 3.8) is 0 Å². The molecule has 1 saturated heterocycles. The van der Waals surface area contributed by atoms with E-state index in [2.05, 4.69) is 22.5 Å². The molecule has 2 atom stereocenters. The number of carboxylic acid groups (broad SMARTS) is 1. The second kappa shape index (κ2) is 17.9. The van der Waals surface area contributed by atoms with Gasteiger partial charge in [0.25, 0.3) is 5.56 Å². The van der Waals surface area contributed by atoms with Crippen LogP contribution in [0.2, 0.25) is 0 Å². The lowest BCUT2D eigenvalue weighted by molar-refractivity contribution is -0.143. The van der Waals surface area contributed by atoms with Gasteiger partial charge in [0.2, 0.25) is 11.8 Å². The number of aromatic nitrogens is 1. The van der Waals surface area contributed by atoms with Gasteiger partial charge in [0.15, 0.2) is 0 Å². The van der Waals surface area contributed by atoms with Crippen molar-refractivity contribution >= 4 is 40.7 Å². The van der Waals surface area contributed by atoms with Gasteiger partial charge in [-0.1, -0.05) is 57.9 Å². The number of aromatic amines is 1. The summed E-state index contributed by atoms with van der Waals surface area (Å²) in [5, 5.41) is 15.9. The number of carbonyl (C=O) groups excluding carboxylic acids is 3. The summed E-state index contributed by atoms with van der Waals surface area (Å²) >= 11 is 0. The number of H-pyrrole nitrogens is 1. The molecule has 12 heteroatoms. The normalized spacial score (nSPS) is 15.7. The molecule has 3 amide bonds. The Hall–Kier alpha value is -4.61. The summed E-state index contributed by atoms with van der Waals surface area (Å²) in [5.41, 5.74) is 0.111. The molecule has 1 aromatic carbocycles. The molecule has 0 radical (unpaired) electrons. The Morgan fingerprint density at radius 2 is 1.96 bits per heavy atom. The van der Waals surface area contributed by atoms with Crippen molar-refractivity contribution in [3.05, 3.63) is 58.5 Å². The molecule has 1 fully saturated rings. The summed E-state index contributed by atoms with van der Waals surface area (Å²) in [4.78, 5) is 66.3. The molecule has 1 aliphatic rings. The van der Waals surface area contributed by atoms with E-state index in [1.165, 1.54) is 4.90 Å². The number of hydrogen-bond acceptors (Lipinski definition) is 7. The van der Waals surface area contributed by atoms with Crippen LogP contribution in [0.3, 0.4) is 0 Å². The SMILES string of the molecule is CCCCC/C=C\CC(NC(=O)C1CCCN1C(=O)CNC(=O)OCC(C)(C)C/C=C/c1cc2c(=O)[nH]ccc2cc1OC)C(=O)O. The number of nitrogens with zero attached hydrogens (tertiary/aromatic N) is 1. The fourth-order valence-corrected chi connectivity index (χ4v) is 5.35. The van der Waals surface area contributed by atoms with Gasteiger partial charge < -0.3 is 35.1 Å². The first-order valence-corrected chi connectivity index (χ1v) is 16.2.